The van der Waals surface area contributed by atoms with Crippen LogP contribution < -0.4 is 0 Å². The molecule has 0 aromatic carbocycles. The second-order valence-electron chi connectivity index (χ2n) is 3.01. The Morgan fingerprint density at radius 3 is 2.93 bits per heavy atom. The summed E-state index contributed by atoms with van der Waals surface area (Å²) >= 11 is 5.98. The number of nitrogens with zero attached hydrogens (tertiary/aromatic N) is 4. The maximum atomic E-state index is 5.98. The van der Waals surface area contributed by atoms with Crippen molar-refractivity contribution < 1.29 is 0 Å². The van der Waals surface area contributed by atoms with E-state index in [1.54, 1.807) is 17.0 Å². The second kappa shape index (κ2) is 3.82. The van der Waals surface area contributed by atoms with Crippen molar-refractivity contribution in [3.8, 4) is 5.82 Å². The van der Waals surface area contributed by atoms with Gasteiger partial charge in [0.2, 0.25) is 0 Å². The van der Waals surface area contributed by atoms with Crippen LogP contribution in [0.4, 0.5) is 0 Å². The summed E-state index contributed by atoms with van der Waals surface area (Å²) < 4.78 is 1.62. The monoisotopic (exact) mass is 220 g/mol. The van der Waals surface area contributed by atoms with Gasteiger partial charge in [-0.05, 0) is 19.1 Å². The van der Waals surface area contributed by atoms with E-state index in [-0.39, 0.29) is 0 Å². The fraction of sp³-hybridized carbons (Fsp3) is 0.100. The topological polar surface area (TPSA) is 43.6 Å². The highest BCUT2D eigenvalue weighted by Crippen LogP contribution is 2.16. The first kappa shape index (κ1) is 9.86. The molecule has 2 aromatic heterocycles. The second-order valence-corrected chi connectivity index (χ2v) is 3.41. The average Bonchev–Trinajstić information content (AvgIpc) is 2.65. The van der Waals surface area contributed by atoms with Crippen molar-refractivity contribution >= 4 is 17.7 Å². The number of aryl methyl sites for hydroxylation is 1. The van der Waals surface area contributed by atoms with Gasteiger partial charge in [0.15, 0.2) is 11.6 Å². The zero-order valence-corrected chi connectivity index (χ0v) is 8.94. The van der Waals surface area contributed by atoms with Crippen LogP contribution in [0.3, 0.4) is 0 Å². The van der Waals surface area contributed by atoms with E-state index in [1.807, 2.05) is 13.0 Å². The minimum atomic E-state index is 0.462. The number of aromatic nitrogens is 4. The molecule has 76 valence electrons. The van der Waals surface area contributed by atoms with Crippen molar-refractivity contribution in [2.75, 3.05) is 0 Å². The molecular weight excluding hydrogens is 212 g/mol. The summed E-state index contributed by atoms with van der Waals surface area (Å²) in [5.74, 6) is 1.09. The van der Waals surface area contributed by atoms with Crippen LogP contribution in [-0.4, -0.2) is 19.7 Å². The van der Waals surface area contributed by atoms with Crippen molar-refractivity contribution in [2.45, 2.75) is 6.92 Å². The summed E-state index contributed by atoms with van der Waals surface area (Å²) in [5, 5.41) is 4.69. The van der Waals surface area contributed by atoms with Crippen LogP contribution in [0.1, 0.15) is 11.5 Å². The predicted octanol–water partition coefficient (Wildman–Crippen LogP) is 2.27. The molecule has 5 heteroatoms. The SMILES string of the molecule is C=Cc1ncc(Cl)c(-n2ccc(C)n2)n1. The van der Waals surface area contributed by atoms with Crippen LogP contribution in [0.25, 0.3) is 11.9 Å². The molecule has 0 saturated carbocycles. The zero-order chi connectivity index (χ0) is 10.8. The zero-order valence-electron chi connectivity index (χ0n) is 8.18. The van der Waals surface area contributed by atoms with Crippen molar-refractivity contribution in [3.63, 3.8) is 0 Å². The van der Waals surface area contributed by atoms with Crippen molar-refractivity contribution in [1.82, 2.24) is 19.7 Å². The quantitative estimate of drug-likeness (QED) is 0.780. The molecular formula is C10H9ClN4. The van der Waals surface area contributed by atoms with Crippen LogP contribution in [0, 0.1) is 6.92 Å². The van der Waals surface area contributed by atoms with Gasteiger partial charge in [0.05, 0.1) is 11.9 Å². The first-order valence-electron chi connectivity index (χ1n) is 4.38. The summed E-state index contributed by atoms with van der Waals surface area (Å²) in [6, 6.07) is 1.88. The van der Waals surface area contributed by atoms with Gasteiger partial charge in [-0.3, -0.25) is 0 Å². The maximum absolute atomic E-state index is 5.98. The smallest absolute Gasteiger partial charge is 0.175 e. The molecule has 0 N–H and O–H groups in total. The van der Waals surface area contributed by atoms with Gasteiger partial charge < -0.3 is 0 Å². The summed E-state index contributed by atoms with van der Waals surface area (Å²) in [6.07, 6.45) is 4.91. The molecule has 0 atom stereocenters. The van der Waals surface area contributed by atoms with E-state index < -0.39 is 0 Å². The summed E-state index contributed by atoms with van der Waals surface area (Å²) in [6.45, 7) is 5.51. The third kappa shape index (κ3) is 1.89. The first-order chi connectivity index (χ1) is 7.20. The summed E-state index contributed by atoms with van der Waals surface area (Å²) in [7, 11) is 0. The van der Waals surface area contributed by atoms with Gasteiger partial charge in [0.25, 0.3) is 0 Å². The van der Waals surface area contributed by atoms with E-state index in [0.717, 1.165) is 5.69 Å². The van der Waals surface area contributed by atoms with E-state index >= 15 is 0 Å². The summed E-state index contributed by atoms with van der Waals surface area (Å²) in [5.41, 5.74) is 0.907. The molecule has 2 heterocycles. The molecule has 0 aliphatic carbocycles. The lowest BCUT2D eigenvalue weighted by Gasteiger charge is -2.03. The van der Waals surface area contributed by atoms with Gasteiger partial charge in [-0.25, -0.2) is 14.6 Å². The molecule has 0 spiro atoms. The van der Waals surface area contributed by atoms with Crippen LogP contribution in [0.5, 0.6) is 0 Å². The normalized spacial score (nSPS) is 10.3. The van der Waals surface area contributed by atoms with Crippen LogP contribution in [0.15, 0.2) is 25.0 Å². The third-order valence-electron chi connectivity index (χ3n) is 1.87. The van der Waals surface area contributed by atoms with E-state index in [9.17, 15) is 0 Å². The largest absolute Gasteiger partial charge is 0.235 e. The highest BCUT2D eigenvalue weighted by Gasteiger charge is 2.06. The van der Waals surface area contributed by atoms with Gasteiger partial charge in [0, 0.05) is 6.20 Å². The Hall–Kier alpha value is -1.68. The Labute approximate surface area is 92.2 Å². The first-order valence-corrected chi connectivity index (χ1v) is 4.76. The minimum absolute atomic E-state index is 0.462. The van der Waals surface area contributed by atoms with E-state index in [1.165, 1.54) is 6.20 Å². The molecule has 0 aliphatic heterocycles. The van der Waals surface area contributed by atoms with Crippen LogP contribution in [0.2, 0.25) is 5.02 Å². The fourth-order valence-corrected chi connectivity index (χ4v) is 1.34. The number of rotatable bonds is 2. The van der Waals surface area contributed by atoms with Crippen LogP contribution in [-0.2, 0) is 0 Å². The van der Waals surface area contributed by atoms with Gasteiger partial charge in [0.1, 0.15) is 5.02 Å². The Kier molecular flexibility index (Phi) is 2.51. The molecule has 0 bridgehead atoms. The minimum Gasteiger partial charge on any atom is -0.235 e. The van der Waals surface area contributed by atoms with Crippen LogP contribution >= 0.6 is 11.6 Å². The highest BCUT2D eigenvalue weighted by atomic mass is 35.5. The van der Waals surface area contributed by atoms with Gasteiger partial charge in [-0.15, -0.1) is 0 Å². The maximum Gasteiger partial charge on any atom is 0.175 e. The molecule has 2 rings (SSSR count). The molecule has 0 fully saturated rings. The van der Waals surface area contributed by atoms with Crippen molar-refractivity contribution in [3.05, 3.63) is 41.6 Å². The fourth-order valence-electron chi connectivity index (χ4n) is 1.16. The lowest BCUT2D eigenvalue weighted by Crippen LogP contribution is -2.02. The van der Waals surface area contributed by atoms with Gasteiger partial charge in [-0.2, -0.15) is 5.10 Å². The Balaban J connectivity index is 2.55. The third-order valence-corrected chi connectivity index (χ3v) is 2.13. The molecule has 2 aromatic rings. The number of halogens is 1. The van der Waals surface area contributed by atoms with Crippen molar-refractivity contribution in [1.29, 1.82) is 0 Å². The standard InChI is InChI=1S/C10H9ClN4/c1-3-9-12-6-8(11)10(13-9)15-5-4-7(2)14-15/h3-6H,1H2,2H3. The molecule has 0 radical (unpaired) electrons. The average molecular weight is 221 g/mol. The lowest BCUT2D eigenvalue weighted by atomic mass is 10.5. The lowest BCUT2D eigenvalue weighted by molar-refractivity contribution is 0.823. The molecule has 0 aliphatic rings. The van der Waals surface area contributed by atoms with Gasteiger partial charge >= 0.3 is 0 Å². The summed E-state index contributed by atoms with van der Waals surface area (Å²) in [4.78, 5) is 8.20. The number of hydrogen-bond acceptors (Lipinski definition) is 3. The predicted molar refractivity (Wildman–Crippen MR) is 59.0 cm³/mol. The van der Waals surface area contributed by atoms with Crippen molar-refractivity contribution in [2.24, 2.45) is 0 Å². The Morgan fingerprint density at radius 2 is 2.33 bits per heavy atom. The van der Waals surface area contributed by atoms with E-state index in [4.69, 9.17) is 11.6 Å². The highest BCUT2D eigenvalue weighted by molar-refractivity contribution is 6.32. The molecule has 15 heavy (non-hydrogen) atoms. The Bertz CT molecular complexity index is 504. The van der Waals surface area contributed by atoms with E-state index in [0.29, 0.717) is 16.7 Å². The Morgan fingerprint density at radius 1 is 1.53 bits per heavy atom. The molecule has 0 unspecified atom stereocenters. The van der Waals surface area contributed by atoms with Gasteiger partial charge in [-0.1, -0.05) is 18.2 Å². The van der Waals surface area contributed by atoms with E-state index in [2.05, 4.69) is 21.6 Å². The molecule has 0 saturated heterocycles. The molecule has 0 amide bonds. The molecule has 4 nitrogen and oxygen atoms in total. The number of hydrogen-bond donors (Lipinski definition) is 0.